The van der Waals surface area contributed by atoms with Crippen LogP contribution >= 0.6 is 23.2 Å². The Morgan fingerprint density at radius 1 is 1.61 bits per heavy atom. The topological polar surface area (TPSA) is 58.0 Å². The predicted octanol–water partition coefficient (Wildman–Crippen LogP) is 4.72. The van der Waals surface area contributed by atoms with E-state index in [9.17, 15) is 0 Å². The zero-order valence-corrected chi connectivity index (χ0v) is 11.2. The molecular formula is C12H11Cl2N3O. The van der Waals surface area contributed by atoms with Gasteiger partial charge in [-0.2, -0.15) is 0 Å². The molecular weight excluding hydrogens is 273 g/mol. The lowest BCUT2D eigenvalue weighted by atomic mass is 9.79. The first-order valence-electron chi connectivity index (χ1n) is 5.33. The molecule has 1 aromatic carbocycles. The van der Waals surface area contributed by atoms with E-state index in [2.05, 4.69) is 16.6 Å². The fourth-order valence-electron chi connectivity index (χ4n) is 2.16. The molecule has 0 bridgehead atoms. The summed E-state index contributed by atoms with van der Waals surface area (Å²) in [7, 11) is 0. The van der Waals surface area contributed by atoms with E-state index < -0.39 is 5.54 Å². The van der Waals surface area contributed by atoms with E-state index in [0.717, 1.165) is 5.56 Å². The van der Waals surface area contributed by atoms with Crippen molar-refractivity contribution < 1.29 is 4.74 Å². The molecule has 1 heterocycles. The van der Waals surface area contributed by atoms with Crippen LogP contribution in [-0.4, -0.2) is 12.1 Å². The minimum atomic E-state index is -0.708. The minimum Gasteiger partial charge on any atom is -0.491 e. The molecule has 0 saturated heterocycles. The maximum Gasteiger partial charge on any atom is 0.143 e. The van der Waals surface area contributed by atoms with E-state index in [1.165, 1.54) is 0 Å². The number of halogens is 2. The van der Waals surface area contributed by atoms with E-state index in [4.69, 9.17) is 33.5 Å². The second kappa shape index (κ2) is 4.73. The highest BCUT2D eigenvalue weighted by Crippen LogP contribution is 2.47. The number of azide groups is 1. The average Bonchev–Trinajstić information content (AvgIpc) is 2.34. The van der Waals surface area contributed by atoms with Crippen LogP contribution in [0.25, 0.3) is 10.4 Å². The normalized spacial score (nSPS) is 25.6. The molecule has 0 aliphatic carbocycles. The zero-order chi connectivity index (χ0) is 13.3. The highest BCUT2D eigenvalue weighted by atomic mass is 35.5. The largest absolute Gasteiger partial charge is 0.491 e. The first-order chi connectivity index (χ1) is 8.53. The van der Waals surface area contributed by atoms with Gasteiger partial charge >= 0.3 is 0 Å². The lowest BCUT2D eigenvalue weighted by Crippen LogP contribution is -2.40. The average molecular weight is 284 g/mol. The zero-order valence-electron chi connectivity index (χ0n) is 9.73. The van der Waals surface area contributed by atoms with Gasteiger partial charge in [0.2, 0.25) is 0 Å². The standard InChI is InChI=1S/C12H11Cl2N3O/c1-3-8-7-4-5-9(13)10(14)11(7)18-6-12(8,2)16-17-15/h3-5,8H,1,6H2,2H3/t8-,12+/m0/s1. The summed E-state index contributed by atoms with van der Waals surface area (Å²) in [5, 5.41) is 4.64. The van der Waals surface area contributed by atoms with E-state index >= 15 is 0 Å². The summed E-state index contributed by atoms with van der Waals surface area (Å²) in [6, 6.07) is 3.52. The van der Waals surface area contributed by atoms with Crippen LogP contribution in [-0.2, 0) is 0 Å². The SMILES string of the molecule is C=C[C@H]1c2ccc(Cl)c(Cl)c2OC[C@@]1(C)N=[N+]=[N-]. The third-order valence-electron chi connectivity index (χ3n) is 3.10. The molecule has 0 amide bonds. The second-order valence-corrected chi connectivity index (χ2v) is 5.11. The number of ether oxygens (including phenoxy) is 1. The van der Waals surface area contributed by atoms with Gasteiger partial charge in [0, 0.05) is 16.4 Å². The Morgan fingerprint density at radius 2 is 2.33 bits per heavy atom. The van der Waals surface area contributed by atoms with Gasteiger partial charge in [0.05, 0.1) is 10.6 Å². The van der Waals surface area contributed by atoms with Crippen LogP contribution < -0.4 is 4.74 Å². The molecule has 0 radical (unpaired) electrons. The van der Waals surface area contributed by atoms with Crippen molar-refractivity contribution >= 4 is 23.2 Å². The highest BCUT2D eigenvalue weighted by Gasteiger charge is 2.40. The van der Waals surface area contributed by atoms with E-state index in [1.807, 2.05) is 13.0 Å². The Labute approximate surface area is 115 Å². The van der Waals surface area contributed by atoms with E-state index in [-0.39, 0.29) is 12.5 Å². The van der Waals surface area contributed by atoms with Gasteiger partial charge in [-0.25, -0.2) is 0 Å². The van der Waals surface area contributed by atoms with Crippen molar-refractivity contribution in [3.05, 3.63) is 50.8 Å². The van der Waals surface area contributed by atoms with Gasteiger partial charge in [-0.1, -0.05) is 40.5 Å². The van der Waals surface area contributed by atoms with Crippen molar-refractivity contribution in [2.24, 2.45) is 5.11 Å². The lowest BCUT2D eigenvalue weighted by Gasteiger charge is -2.37. The van der Waals surface area contributed by atoms with Crippen LogP contribution in [0, 0.1) is 0 Å². The van der Waals surface area contributed by atoms with E-state index in [1.54, 1.807) is 12.1 Å². The van der Waals surface area contributed by atoms with Crippen LogP contribution in [0.15, 0.2) is 29.9 Å². The monoisotopic (exact) mass is 283 g/mol. The van der Waals surface area contributed by atoms with Gasteiger partial charge in [-0.3, -0.25) is 0 Å². The number of hydrogen-bond donors (Lipinski definition) is 0. The molecule has 0 N–H and O–H groups in total. The van der Waals surface area contributed by atoms with Gasteiger partial charge in [0.15, 0.2) is 0 Å². The van der Waals surface area contributed by atoms with Gasteiger partial charge in [-0.05, 0) is 18.5 Å². The van der Waals surface area contributed by atoms with Crippen LogP contribution in [0.1, 0.15) is 18.4 Å². The van der Waals surface area contributed by atoms with Crippen LogP contribution in [0.5, 0.6) is 5.75 Å². The quantitative estimate of drug-likeness (QED) is 0.335. The lowest BCUT2D eigenvalue weighted by molar-refractivity contribution is 0.189. The molecule has 0 spiro atoms. The van der Waals surface area contributed by atoms with Crippen molar-refractivity contribution in [1.82, 2.24) is 0 Å². The van der Waals surface area contributed by atoms with Crippen molar-refractivity contribution in [3.63, 3.8) is 0 Å². The Bertz CT molecular complexity index is 554. The molecule has 0 aromatic heterocycles. The molecule has 94 valence electrons. The number of benzene rings is 1. The van der Waals surface area contributed by atoms with Crippen molar-refractivity contribution in [3.8, 4) is 5.75 Å². The van der Waals surface area contributed by atoms with Gasteiger partial charge in [-0.15, -0.1) is 6.58 Å². The number of hydrogen-bond acceptors (Lipinski definition) is 2. The van der Waals surface area contributed by atoms with Crippen LogP contribution in [0.3, 0.4) is 0 Å². The van der Waals surface area contributed by atoms with Gasteiger partial charge < -0.3 is 4.74 Å². The molecule has 18 heavy (non-hydrogen) atoms. The summed E-state index contributed by atoms with van der Waals surface area (Å²) < 4.78 is 5.61. The number of fused-ring (bicyclic) bond motifs is 1. The van der Waals surface area contributed by atoms with Crippen LogP contribution in [0.4, 0.5) is 0 Å². The fraction of sp³-hybridized carbons (Fsp3) is 0.333. The summed E-state index contributed by atoms with van der Waals surface area (Å²) in [5.41, 5.74) is 8.79. The molecule has 4 nitrogen and oxygen atoms in total. The third-order valence-corrected chi connectivity index (χ3v) is 3.89. The van der Waals surface area contributed by atoms with Crippen LogP contribution in [0.2, 0.25) is 10.0 Å². The second-order valence-electron chi connectivity index (χ2n) is 4.33. The molecule has 2 atom stereocenters. The predicted molar refractivity (Wildman–Crippen MR) is 72.4 cm³/mol. The number of nitrogens with zero attached hydrogens (tertiary/aromatic N) is 3. The molecule has 0 saturated carbocycles. The molecule has 6 heteroatoms. The fourth-order valence-corrected chi connectivity index (χ4v) is 2.53. The molecule has 1 aliphatic rings. The summed E-state index contributed by atoms with van der Waals surface area (Å²) >= 11 is 12.1. The first-order valence-corrected chi connectivity index (χ1v) is 6.08. The van der Waals surface area contributed by atoms with Gasteiger partial charge in [0.25, 0.3) is 0 Å². The Morgan fingerprint density at radius 3 is 2.94 bits per heavy atom. The Kier molecular flexibility index (Phi) is 3.44. The van der Waals surface area contributed by atoms with Crippen molar-refractivity contribution in [2.75, 3.05) is 6.61 Å². The van der Waals surface area contributed by atoms with Crippen molar-refractivity contribution in [2.45, 2.75) is 18.4 Å². The summed E-state index contributed by atoms with van der Waals surface area (Å²) in [6.45, 7) is 5.86. The smallest absolute Gasteiger partial charge is 0.143 e. The minimum absolute atomic E-state index is 0.160. The molecule has 2 rings (SSSR count). The highest BCUT2D eigenvalue weighted by molar-refractivity contribution is 6.43. The molecule has 0 fully saturated rings. The maximum atomic E-state index is 8.67. The Hall–Kier alpha value is -1.35. The number of rotatable bonds is 2. The molecule has 1 aromatic rings. The molecule has 1 aliphatic heterocycles. The van der Waals surface area contributed by atoms with Gasteiger partial charge in [0.1, 0.15) is 17.4 Å². The summed E-state index contributed by atoms with van der Waals surface area (Å²) in [6.07, 6.45) is 1.74. The molecule has 0 unspecified atom stereocenters. The maximum absolute atomic E-state index is 8.67. The van der Waals surface area contributed by atoms with E-state index in [0.29, 0.717) is 15.8 Å². The first kappa shape index (κ1) is 13.1. The summed E-state index contributed by atoms with van der Waals surface area (Å²) in [5.74, 6) is 0.381. The van der Waals surface area contributed by atoms with Crippen molar-refractivity contribution in [1.29, 1.82) is 0 Å². The third kappa shape index (κ3) is 1.93. The summed E-state index contributed by atoms with van der Waals surface area (Å²) in [4.78, 5) is 2.88. The Balaban J connectivity index is 2.61.